The number of sulfonamides is 1. The van der Waals surface area contributed by atoms with Crippen LogP contribution in [0.3, 0.4) is 0 Å². The molecular weight excluding hydrogens is 418 g/mol. The Morgan fingerprint density at radius 1 is 1.14 bits per heavy atom. The molecule has 0 spiro atoms. The van der Waals surface area contributed by atoms with Crippen molar-refractivity contribution in [3.8, 4) is 5.75 Å². The van der Waals surface area contributed by atoms with Gasteiger partial charge in [0.2, 0.25) is 0 Å². The number of carboxylic acids is 1. The lowest BCUT2D eigenvalue weighted by atomic mass is 10.1. The molecule has 0 aliphatic carbocycles. The minimum absolute atomic E-state index is 0.0152. The molecule has 156 valence electrons. The van der Waals surface area contributed by atoms with E-state index in [2.05, 4.69) is 9.62 Å². The SMILES string of the molecule is COc1ccc(Cl)cc1S(=O)(=O)Nc1cc(C(=O)O)ccc1N1CCN(C)CC1. The standard InChI is InChI=1S/C19H22ClN3O5S/c1-22-7-9-23(10-8-22)16-5-3-13(19(24)25)11-15(16)21-29(26,27)18-12-14(20)4-6-17(18)28-2/h3-6,11-12,21H,7-10H2,1-2H3,(H,24,25). The molecule has 0 unspecified atom stereocenters. The van der Waals surface area contributed by atoms with E-state index in [0.717, 1.165) is 13.1 Å². The molecular formula is C19H22ClN3O5S. The molecule has 0 aromatic heterocycles. The van der Waals surface area contributed by atoms with E-state index in [9.17, 15) is 18.3 Å². The van der Waals surface area contributed by atoms with E-state index >= 15 is 0 Å². The summed E-state index contributed by atoms with van der Waals surface area (Å²) in [6, 6.07) is 8.70. The number of aromatic carboxylic acids is 1. The van der Waals surface area contributed by atoms with Crippen molar-refractivity contribution in [2.24, 2.45) is 0 Å². The summed E-state index contributed by atoms with van der Waals surface area (Å²) in [6.45, 7) is 3.01. The van der Waals surface area contributed by atoms with Crippen LogP contribution >= 0.6 is 11.6 Å². The number of anilines is 2. The number of rotatable bonds is 6. The molecule has 0 bridgehead atoms. The molecule has 2 N–H and O–H groups in total. The van der Waals surface area contributed by atoms with E-state index < -0.39 is 16.0 Å². The second-order valence-electron chi connectivity index (χ2n) is 6.73. The van der Waals surface area contributed by atoms with Gasteiger partial charge in [0.25, 0.3) is 10.0 Å². The van der Waals surface area contributed by atoms with Crippen LogP contribution in [-0.4, -0.2) is 64.7 Å². The maximum Gasteiger partial charge on any atom is 0.335 e. The van der Waals surface area contributed by atoms with Gasteiger partial charge in [-0.15, -0.1) is 0 Å². The summed E-state index contributed by atoms with van der Waals surface area (Å²) in [7, 11) is -0.705. The average Bonchev–Trinajstić information content (AvgIpc) is 2.68. The molecule has 10 heteroatoms. The van der Waals surface area contributed by atoms with Gasteiger partial charge in [0, 0.05) is 31.2 Å². The van der Waals surface area contributed by atoms with Crippen LogP contribution in [0.15, 0.2) is 41.3 Å². The van der Waals surface area contributed by atoms with E-state index in [-0.39, 0.29) is 26.9 Å². The predicted octanol–water partition coefficient (Wildman–Crippen LogP) is 2.60. The van der Waals surface area contributed by atoms with Crippen LogP contribution in [-0.2, 0) is 10.0 Å². The smallest absolute Gasteiger partial charge is 0.335 e. The van der Waals surface area contributed by atoms with Gasteiger partial charge in [0.05, 0.1) is 24.0 Å². The summed E-state index contributed by atoms with van der Waals surface area (Å²) in [5.74, 6) is -1.01. The van der Waals surface area contributed by atoms with Crippen molar-refractivity contribution >= 4 is 39.0 Å². The number of nitrogens with zero attached hydrogens (tertiary/aromatic N) is 2. The van der Waals surface area contributed by atoms with E-state index in [1.807, 2.05) is 11.9 Å². The Morgan fingerprint density at radius 3 is 2.45 bits per heavy atom. The fourth-order valence-electron chi connectivity index (χ4n) is 3.13. The van der Waals surface area contributed by atoms with Crippen LogP contribution in [0.1, 0.15) is 10.4 Å². The largest absolute Gasteiger partial charge is 0.495 e. The first-order chi connectivity index (χ1) is 13.7. The molecule has 1 aliphatic heterocycles. The second-order valence-corrected chi connectivity index (χ2v) is 8.82. The van der Waals surface area contributed by atoms with Gasteiger partial charge in [-0.2, -0.15) is 0 Å². The van der Waals surface area contributed by atoms with E-state index in [1.54, 1.807) is 6.07 Å². The topological polar surface area (TPSA) is 99.2 Å². The van der Waals surface area contributed by atoms with E-state index in [4.69, 9.17) is 16.3 Å². The Hall–Kier alpha value is -2.49. The molecule has 3 rings (SSSR count). The minimum Gasteiger partial charge on any atom is -0.495 e. The van der Waals surface area contributed by atoms with Gasteiger partial charge in [-0.25, -0.2) is 13.2 Å². The average molecular weight is 440 g/mol. The summed E-state index contributed by atoms with van der Waals surface area (Å²) in [6.07, 6.45) is 0. The highest BCUT2D eigenvalue weighted by Crippen LogP contribution is 2.33. The summed E-state index contributed by atoms with van der Waals surface area (Å²) >= 11 is 5.98. The lowest BCUT2D eigenvalue weighted by molar-refractivity contribution is 0.0697. The minimum atomic E-state index is -4.08. The van der Waals surface area contributed by atoms with Gasteiger partial charge < -0.3 is 19.6 Å². The van der Waals surface area contributed by atoms with Crippen molar-refractivity contribution in [3.05, 3.63) is 47.0 Å². The van der Waals surface area contributed by atoms with Crippen LogP contribution < -0.4 is 14.4 Å². The van der Waals surface area contributed by atoms with E-state index in [1.165, 1.54) is 37.4 Å². The molecule has 8 nitrogen and oxygen atoms in total. The number of ether oxygens (including phenoxy) is 1. The van der Waals surface area contributed by atoms with Crippen LogP contribution in [0, 0.1) is 0 Å². The number of likely N-dealkylation sites (N-methyl/N-ethyl adjacent to an activating group) is 1. The van der Waals surface area contributed by atoms with Crippen molar-refractivity contribution in [2.75, 3.05) is 50.0 Å². The third-order valence-corrected chi connectivity index (χ3v) is 6.37. The molecule has 1 heterocycles. The summed E-state index contributed by atoms with van der Waals surface area (Å²) in [5, 5.41) is 9.58. The molecule has 29 heavy (non-hydrogen) atoms. The van der Waals surface area contributed by atoms with Gasteiger partial charge in [0.1, 0.15) is 10.6 Å². The van der Waals surface area contributed by atoms with Crippen LogP contribution in [0.25, 0.3) is 0 Å². The van der Waals surface area contributed by atoms with Crippen molar-refractivity contribution < 1.29 is 23.1 Å². The molecule has 0 saturated carbocycles. The number of carboxylic acid groups (broad SMARTS) is 1. The summed E-state index contributed by atoms with van der Waals surface area (Å²) in [5.41, 5.74) is 0.794. The second kappa shape index (κ2) is 8.48. The van der Waals surface area contributed by atoms with Gasteiger partial charge in [-0.1, -0.05) is 11.6 Å². The number of carbonyl (C=O) groups is 1. The monoisotopic (exact) mass is 439 g/mol. The molecule has 1 fully saturated rings. The molecule has 1 aliphatic rings. The number of hydrogen-bond donors (Lipinski definition) is 2. The van der Waals surface area contributed by atoms with Crippen molar-refractivity contribution in [1.29, 1.82) is 0 Å². The first-order valence-corrected chi connectivity index (χ1v) is 10.7. The number of benzene rings is 2. The lowest BCUT2D eigenvalue weighted by Gasteiger charge is -2.35. The number of piperazine rings is 1. The maximum absolute atomic E-state index is 13.1. The zero-order valence-corrected chi connectivity index (χ0v) is 17.6. The van der Waals surface area contributed by atoms with Crippen LogP contribution in [0.4, 0.5) is 11.4 Å². The van der Waals surface area contributed by atoms with Gasteiger partial charge in [-0.05, 0) is 43.4 Å². The highest BCUT2D eigenvalue weighted by atomic mass is 35.5. The Kier molecular flexibility index (Phi) is 6.21. The third-order valence-electron chi connectivity index (χ3n) is 4.75. The Balaban J connectivity index is 2.03. The maximum atomic E-state index is 13.1. The van der Waals surface area contributed by atoms with Crippen LogP contribution in [0.2, 0.25) is 5.02 Å². The molecule has 2 aromatic rings. The molecule has 1 saturated heterocycles. The van der Waals surface area contributed by atoms with Crippen molar-refractivity contribution in [3.63, 3.8) is 0 Å². The highest BCUT2D eigenvalue weighted by molar-refractivity contribution is 7.92. The van der Waals surface area contributed by atoms with Crippen LogP contribution in [0.5, 0.6) is 5.75 Å². The Morgan fingerprint density at radius 2 is 1.83 bits per heavy atom. The Labute approximate surface area is 174 Å². The van der Waals surface area contributed by atoms with Gasteiger partial charge in [-0.3, -0.25) is 4.72 Å². The lowest BCUT2D eigenvalue weighted by Crippen LogP contribution is -2.44. The number of hydrogen-bond acceptors (Lipinski definition) is 6. The molecule has 0 radical (unpaired) electrons. The quantitative estimate of drug-likeness (QED) is 0.713. The number of methoxy groups -OCH3 is 1. The first-order valence-electron chi connectivity index (χ1n) is 8.88. The van der Waals surface area contributed by atoms with E-state index in [0.29, 0.717) is 18.8 Å². The molecule has 0 atom stereocenters. The normalized spacial score (nSPS) is 15.2. The number of halogens is 1. The zero-order valence-electron chi connectivity index (χ0n) is 16.1. The fraction of sp³-hybridized carbons (Fsp3) is 0.316. The van der Waals surface area contributed by atoms with Gasteiger partial charge in [0.15, 0.2) is 0 Å². The zero-order chi connectivity index (χ0) is 21.2. The first kappa shape index (κ1) is 21.2. The highest BCUT2D eigenvalue weighted by Gasteiger charge is 2.24. The molecule has 0 amide bonds. The number of nitrogens with one attached hydrogen (secondary N) is 1. The third kappa shape index (κ3) is 4.75. The van der Waals surface area contributed by atoms with Gasteiger partial charge >= 0.3 is 5.97 Å². The van der Waals surface area contributed by atoms with Crippen molar-refractivity contribution in [2.45, 2.75) is 4.90 Å². The predicted molar refractivity (Wildman–Crippen MR) is 112 cm³/mol. The fourth-order valence-corrected chi connectivity index (χ4v) is 4.63. The Bertz CT molecular complexity index is 1020. The summed E-state index contributed by atoms with van der Waals surface area (Å²) < 4.78 is 33.8. The van der Waals surface area contributed by atoms with Crippen molar-refractivity contribution in [1.82, 2.24) is 4.90 Å². The molecule has 2 aromatic carbocycles. The summed E-state index contributed by atoms with van der Waals surface area (Å²) in [4.78, 5) is 15.5.